The van der Waals surface area contributed by atoms with Crippen LogP contribution in [0.5, 0.6) is 0 Å². The van der Waals surface area contributed by atoms with Crippen LogP contribution in [0.2, 0.25) is 0 Å². The number of amides is 1. The van der Waals surface area contributed by atoms with Crippen LogP contribution < -0.4 is 5.43 Å². The lowest BCUT2D eigenvalue weighted by molar-refractivity contribution is -0.130. The minimum atomic E-state index is -0.430. The Morgan fingerprint density at radius 2 is 1.79 bits per heavy atom. The van der Waals surface area contributed by atoms with Gasteiger partial charge in [-0.15, -0.1) is 10.2 Å². The van der Waals surface area contributed by atoms with Gasteiger partial charge in [-0.2, -0.15) is 0 Å². The number of rotatable bonds is 5. The Kier molecular flexibility index (Phi) is 5.53. The molecule has 1 aliphatic rings. The highest BCUT2D eigenvalue weighted by Crippen LogP contribution is 2.39. The average molecular weight is 412 g/mol. The van der Waals surface area contributed by atoms with Gasteiger partial charge in [0.1, 0.15) is 11.1 Å². The molecular formula is C21H22FN5OS. The van der Waals surface area contributed by atoms with Crippen molar-refractivity contribution < 1.29 is 9.18 Å². The van der Waals surface area contributed by atoms with Gasteiger partial charge in [-0.25, -0.2) is 9.07 Å². The number of nitrogens with one attached hydrogen (secondary N) is 1. The number of thioether (sulfide) groups is 1. The number of carbonyl (C=O) groups excluding carboxylic acids is 1. The molecule has 1 aliphatic heterocycles. The molecule has 1 N–H and O–H groups in total. The van der Waals surface area contributed by atoms with Crippen LogP contribution in [0.3, 0.4) is 0 Å². The quantitative estimate of drug-likeness (QED) is 0.693. The van der Waals surface area contributed by atoms with Gasteiger partial charge in [0, 0.05) is 18.7 Å². The number of hydrogen-bond donors (Lipinski definition) is 1. The van der Waals surface area contributed by atoms with E-state index in [0.717, 1.165) is 11.1 Å². The SMILES string of the molecule is CCN(CC)C(=O)[C@H]1Sc2nnc(-c3ccccc3)n2N[C@H]1c1ccc(F)cc1. The summed E-state index contributed by atoms with van der Waals surface area (Å²) in [7, 11) is 0. The summed E-state index contributed by atoms with van der Waals surface area (Å²) >= 11 is 1.39. The minimum Gasteiger partial charge on any atom is -0.342 e. The molecule has 1 aromatic heterocycles. The van der Waals surface area contributed by atoms with Gasteiger partial charge in [-0.05, 0) is 31.5 Å². The number of carbonyl (C=O) groups is 1. The molecule has 4 rings (SSSR count). The predicted octanol–water partition coefficient (Wildman–Crippen LogP) is 3.71. The van der Waals surface area contributed by atoms with Gasteiger partial charge in [0.25, 0.3) is 0 Å². The molecular weight excluding hydrogens is 389 g/mol. The van der Waals surface area contributed by atoms with Crippen LogP contribution >= 0.6 is 11.8 Å². The normalized spacial score (nSPS) is 18.0. The van der Waals surface area contributed by atoms with Crippen molar-refractivity contribution in [2.75, 3.05) is 18.5 Å². The highest BCUT2D eigenvalue weighted by molar-refractivity contribution is 8.00. The Morgan fingerprint density at radius 1 is 1.10 bits per heavy atom. The van der Waals surface area contributed by atoms with E-state index in [0.29, 0.717) is 24.1 Å². The molecule has 0 bridgehead atoms. The lowest BCUT2D eigenvalue weighted by Gasteiger charge is -2.35. The van der Waals surface area contributed by atoms with Gasteiger partial charge in [-0.3, -0.25) is 4.79 Å². The molecule has 2 heterocycles. The lowest BCUT2D eigenvalue weighted by Crippen LogP contribution is -2.46. The molecule has 2 atom stereocenters. The predicted molar refractivity (Wildman–Crippen MR) is 112 cm³/mol. The lowest BCUT2D eigenvalue weighted by atomic mass is 10.0. The Bertz CT molecular complexity index is 988. The molecule has 0 aliphatic carbocycles. The van der Waals surface area contributed by atoms with Crippen LogP contribution in [-0.2, 0) is 4.79 Å². The molecule has 29 heavy (non-hydrogen) atoms. The number of nitrogens with zero attached hydrogens (tertiary/aromatic N) is 4. The van der Waals surface area contributed by atoms with E-state index in [-0.39, 0.29) is 17.8 Å². The van der Waals surface area contributed by atoms with Gasteiger partial charge in [0.15, 0.2) is 5.82 Å². The average Bonchev–Trinajstić information content (AvgIpc) is 3.18. The van der Waals surface area contributed by atoms with Crippen molar-refractivity contribution in [1.82, 2.24) is 19.8 Å². The summed E-state index contributed by atoms with van der Waals surface area (Å²) in [6.45, 7) is 5.19. The van der Waals surface area contributed by atoms with Crippen molar-refractivity contribution in [1.29, 1.82) is 0 Å². The number of hydrogen-bond acceptors (Lipinski definition) is 5. The molecule has 2 aromatic carbocycles. The highest BCUT2D eigenvalue weighted by Gasteiger charge is 2.39. The second-order valence-electron chi connectivity index (χ2n) is 6.71. The molecule has 0 saturated carbocycles. The van der Waals surface area contributed by atoms with E-state index in [1.54, 1.807) is 17.0 Å². The van der Waals surface area contributed by atoms with Crippen molar-refractivity contribution in [3.05, 3.63) is 66.0 Å². The van der Waals surface area contributed by atoms with Gasteiger partial charge < -0.3 is 10.3 Å². The van der Waals surface area contributed by atoms with Crippen molar-refractivity contribution in [3.8, 4) is 11.4 Å². The second-order valence-corrected chi connectivity index (χ2v) is 7.82. The van der Waals surface area contributed by atoms with E-state index in [2.05, 4.69) is 15.6 Å². The largest absolute Gasteiger partial charge is 0.342 e. The van der Waals surface area contributed by atoms with Crippen molar-refractivity contribution in [3.63, 3.8) is 0 Å². The van der Waals surface area contributed by atoms with E-state index in [4.69, 9.17) is 0 Å². The first-order valence-electron chi connectivity index (χ1n) is 9.60. The van der Waals surface area contributed by atoms with Crippen LogP contribution in [0.25, 0.3) is 11.4 Å². The fourth-order valence-corrected chi connectivity index (χ4v) is 4.62. The Morgan fingerprint density at radius 3 is 2.45 bits per heavy atom. The molecule has 150 valence electrons. The monoisotopic (exact) mass is 411 g/mol. The van der Waals surface area contributed by atoms with E-state index in [1.165, 1.54) is 23.9 Å². The fraction of sp³-hybridized carbons (Fsp3) is 0.286. The molecule has 0 radical (unpaired) electrons. The summed E-state index contributed by atoms with van der Waals surface area (Å²) in [5.74, 6) is 0.394. The van der Waals surface area contributed by atoms with E-state index in [1.807, 2.05) is 48.9 Å². The molecule has 8 heteroatoms. The molecule has 0 unspecified atom stereocenters. The maximum Gasteiger partial charge on any atom is 0.238 e. The van der Waals surface area contributed by atoms with Gasteiger partial charge in [0.05, 0.1) is 6.04 Å². The topological polar surface area (TPSA) is 63.1 Å². The number of fused-ring (bicyclic) bond motifs is 1. The minimum absolute atomic E-state index is 0.0253. The summed E-state index contributed by atoms with van der Waals surface area (Å²) in [4.78, 5) is 15.0. The molecule has 0 fully saturated rings. The van der Waals surface area contributed by atoms with Crippen LogP contribution in [0, 0.1) is 5.82 Å². The number of halogens is 1. The smallest absolute Gasteiger partial charge is 0.238 e. The zero-order valence-electron chi connectivity index (χ0n) is 16.2. The highest BCUT2D eigenvalue weighted by atomic mass is 32.2. The maximum atomic E-state index is 13.5. The standard InChI is InChI=1S/C21H22FN5OS/c1-3-26(4-2)20(28)18-17(14-10-12-16(22)13-11-14)25-27-19(23-24-21(27)29-18)15-8-6-5-7-9-15/h5-13,17-18,25H,3-4H2,1-2H3/t17-,18-/m0/s1. The van der Waals surface area contributed by atoms with Gasteiger partial charge in [0.2, 0.25) is 11.1 Å². The third-order valence-electron chi connectivity index (χ3n) is 5.02. The molecule has 0 saturated heterocycles. The number of aromatic nitrogens is 3. The van der Waals surface area contributed by atoms with Crippen LogP contribution in [0.1, 0.15) is 25.5 Å². The summed E-state index contributed by atoms with van der Waals surface area (Å²) in [5, 5.41) is 8.84. The summed E-state index contributed by atoms with van der Waals surface area (Å²) in [6, 6.07) is 15.7. The van der Waals surface area contributed by atoms with Crippen LogP contribution in [-0.4, -0.2) is 44.0 Å². The zero-order valence-corrected chi connectivity index (χ0v) is 17.1. The zero-order chi connectivity index (χ0) is 20.4. The molecule has 6 nitrogen and oxygen atoms in total. The van der Waals surface area contributed by atoms with Crippen LogP contribution in [0.4, 0.5) is 4.39 Å². The van der Waals surface area contributed by atoms with Crippen molar-refractivity contribution in [2.45, 2.75) is 30.3 Å². The van der Waals surface area contributed by atoms with E-state index < -0.39 is 5.25 Å². The maximum absolute atomic E-state index is 13.5. The van der Waals surface area contributed by atoms with Gasteiger partial charge >= 0.3 is 0 Å². The fourth-order valence-electron chi connectivity index (χ4n) is 3.45. The van der Waals surface area contributed by atoms with Crippen molar-refractivity contribution in [2.24, 2.45) is 0 Å². The van der Waals surface area contributed by atoms with E-state index >= 15 is 0 Å². The third kappa shape index (κ3) is 3.72. The molecule has 1 amide bonds. The Balaban J connectivity index is 1.76. The first kappa shape index (κ1) is 19.4. The van der Waals surface area contributed by atoms with Crippen molar-refractivity contribution >= 4 is 17.7 Å². The first-order valence-corrected chi connectivity index (χ1v) is 10.5. The van der Waals surface area contributed by atoms with E-state index in [9.17, 15) is 9.18 Å². The van der Waals surface area contributed by atoms with Crippen LogP contribution in [0.15, 0.2) is 59.8 Å². The molecule has 3 aromatic rings. The number of benzene rings is 2. The van der Waals surface area contributed by atoms with Gasteiger partial charge in [-0.1, -0.05) is 54.2 Å². The molecule has 0 spiro atoms. The Labute approximate surface area is 173 Å². The third-order valence-corrected chi connectivity index (χ3v) is 6.22. The summed E-state index contributed by atoms with van der Waals surface area (Å²) in [5.41, 5.74) is 5.17. The summed E-state index contributed by atoms with van der Waals surface area (Å²) < 4.78 is 15.3. The second kappa shape index (κ2) is 8.24. The summed E-state index contributed by atoms with van der Waals surface area (Å²) in [6.07, 6.45) is 0. The Hall–Kier alpha value is -2.87. The first-order chi connectivity index (χ1) is 14.1.